The zero-order valence-electron chi connectivity index (χ0n) is 62.0. The Balaban J connectivity index is 1.50. The van der Waals surface area contributed by atoms with E-state index in [2.05, 4.69) is 53.2 Å². The van der Waals surface area contributed by atoms with Crippen molar-refractivity contribution in [3.8, 4) is 0 Å². The van der Waals surface area contributed by atoms with Crippen molar-refractivity contribution >= 4 is 64.9 Å². The first-order valence-electron chi connectivity index (χ1n) is 36.8. The predicted molar refractivity (Wildman–Crippen MR) is 374 cm³/mol. The van der Waals surface area contributed by atoms with Crippen molar-refractivity contribution in [3.63, 3.8) is 0 Å². The van der Waals surface area contributed by atoms with Crippen molar-refractivity contribution in [2.45, 2.75) is 247 Å². The van der Waals surface area contributed by atoms with Crippen molar-refractivity contribution < 1.29 is 141 Å². The number of carbonyl (C=O) groups is 11. The zero-order chi connectivity index (χ0) is 79.1. The summed E-state index contributed by atoms with van der Waals surface area (Å²) in [6.07, 6.45) is -11.1. The van der Waals surface area contributed by atoms with Gasteiger partial charge in [-0.15, -0.1) is 0 Å². The van der Waals surface area contributed by atoms with Crippen LogP contribution in [0.3, 0.4) is 0 Å². The molecule has 0 aromatic rings. The van der Waals surface area contributed by atoms with Gasteiger partial charge in [-0.1, -0.05) is 0 Å². The number of ether oxygens (including phenoxy) is 9. The zero-order valence-corrected chi connectivity index (χ0v) is 62.0. The van der Waals surface area contributed by atoms with Crippen molar-refractivity contribution in [1.29, 1.82) is 0 Å². The van der Waals surface area contributed by atoms with E-state index in [1.54, 1.807) is 0 Å². The molecule has 0 saturated carbocycles. The van der Waals surface area contributed by atoms with Crippen LogP contribution in [0.1, 0.15) is 149 Å². The second-order valence-electron chi connectivity index (χ2n) is 26.5. The topological polar surface area (TPSA) is 573 Å². The fourth-order valence-electron chi connectivity index (χ4n) is 11.4. The van der Waals surface area contributed by atoms with Gasteiger partial charge in [0.05, 0.1) is 59.5 Å². The number of ketones is 1. The number of hydrogen-bond acceptors (Lipinski definition) is 29. The van der Waals surface area contributed by atoms with Gasteiger partial charge < -0.3 is 142 Å². The molecule has 10 amide bonds. The molecule has 3 aliphatic rings. The highest BCUT2D eigenvalue weighted by Gasteiger charge is 2.48. The Morgan fingerprint density at radius 1 is 0.336 bits per heavy atom. The largest absolute Gasteiger partial charge is 0.394 e. The van der Waals surface area contributed by atoms with Gasteiger partial charge in [-0.25, -0.2) is 0 Å². The van der Waals surface area contributed by atoms with Crippen LogP contribution in [0.4, 0.5) is 0 Å². The van der Waals surface area contributed by atoms with E-state index < -0.39 is 141 Å². The Kier molecular flexibility index (Phi) is 48.1. The summed E-state index contributed by atoms with van der Waals surface area (Å²) in [7, 11) is 1.46. The standard InChI is InChI=1S/C68H120N10O29/c1-42(82)75-56-62(96)59(93)46(36-79)105-65(56)102-30-10-6-17-50(87)70-25-9-5-16-45(85)22-33-99-39-68(78-55(92)21-13-20-49(86)69-4,40-100-34-23-53(90)73-28-14-26-71-51(88)18-7-11-31-103-66-57(76-43(2)83)63(97)60(94)47(37-80)106-66)41-101-35-24-54(91)74-29-15-27-72-52(89)19-8-12-32-104-67-58(77-44(3)84)64(98)61(95)48(38-81)107-67/h46-48,56-67,79-81,93-98H,5-41H2,1-4H3,(H,69,86)(H,70,87)(H,71,88)(H,72,89)(H,73,90)(H,74,91)(H,75,82)(H,76,83)(H,77,84)(H,78,92)/t46?,47?,48?,56-,57-,58-,59-,60-,61-,62?,63?,64?,65+,66+,67+,68?/m0/s1. The summed E-state index contributed by atoms with van der Waals surface area (Å²) in [6.45, 7) is 2.09. The summed E-state index contributed by atoms with van der Waals surface area (Å²) in [5.41, 5.74) is -1.46. The van der Waals surface area contributed by atoms with Gasteiger partial charge in [0.1, 0.15) is 84.4 Å². The van der Waals surface area contributed by atoms with Gasteiger partial charge in [0.25, 0.3) is 0 Å². The van der Waals surface area contributed by atoms with E-state index in [4.69, 9.17) is 42.6 Å². The molecular formula is C68H120N10O29. The van der Waals surface area contributed by atoms with Crippen LogP contribution in [0.15, 0.2) is 0 Å². The Labute approximate surface area is 623 Å². The van der Waals surface area contributed by atoms with Gasteiger partial charge in [-0.3, -0.25) is 52.7 Å². The fourth-order valence-corrected chi connectivity index (χ4v) is 11.4. The number of hydrogen-bond donors (Lipinski definition) is 19. The minimum absolute atomic E-state index is 0.0232. The lowest BCUT2D eigenvalue weighted by Gasteiger charge is -2.42. The smallest absolute Gasteiger partial charge is 0.222 e. The van der Waals surface area contributed by atoms with Crippen LogP contribution in [0, 0.1) is 0 Å². The molecule has 616 valence electrons. The Bertz CT molecular complexity index is 2410. The van der Waals surface area contributed by atoms with E-state index in [1.807, 2.05) is 0 Å². The molecule has 3 aliphatic heterocycles. The molecule has 3 rings (SSSR count). The SMILES string of the molecule is CNC(=O)CCCC(=O)NC(COCCC(=O)CCCCNC(=O)CCCCO[C@@H]1OC(CO)[C@H](O)C(O)[C@@H]1NC(C)=O)(COCCC(=O)NCCCNC(=O)CCCCO[C@@H]1OC(CO)[C@H](O)C(O)[C@@H]1NC(C)=O)COCCC(=O)NCCCNC(=O)CCCCO[C@@H]1OC(CO)[C@H](O)C(O)[C@@H]1NC(C)=O. The molecule has 0 aromatic carbocycles. The Morgan fingerprint density at radius 2 is 0.636 bits per heavy atom. The molecule has 3 fully saturated rings. The summed E-state index contributed by atoms with van der Waals surface area (Å²) < 4.78 is 51.8. The summed E-state index contributed by atoms with van der Waals surface area (Å²) in [4.78, 5) is 137. The first-order chi connectivity index (χ1) is 51.2. The maximum Gasteiger partial charge on any atom is 0.222 e. The third-order valence-corrected chi connectivity index (χ3v) is 17.3. The molecule has 0 aromatic heterocycles. The van der Waals surface area contributed by atoms with Crippen LogP contribution in [0.2, 0.25) is 0 Å². The van der Waals surface area contributed by atoms with Gasteiger partial charge in [0.2, 0.25) is 59.1 Å². The van der Waals surface area contributed by atoms with Gasteiger partial charge in [-0.05, 0) is 70.6 Å². The Hall–Kier alpha value is -6.35. The lowest BCUT2D eigenvalue weighted by molar-refractivity contribution is -0.270. The van der Waals surface area contributed by atoms with Crippen LogP contribution in [-0.4, -0.2) is 327 Å². The third kappa shape index (κ3) is 38.7. The number of carbonyl (C=O) groups excluding carboxylic acids is 11. The van der Waals surface area contributed by atoms with Crippen LogP contribution in [0.25, 0.3) is 0 Å². The Morgan fingerprint density at radius 3 is 0.963 bits per heavy atom. The van der Waals surface area contributed by atoms with Gasteiger partial charge in [0, 0.05) is 138 Å². The first kappa shape index (κ1) is 94.9. The van der Waals surface area contributed by atoms with Crippen molar-refractivity contribution in [2.24, 2.45) is 0 Å². The summed E-state index contributed by atoms with van der Waals surface area (Å²) in [5.74, 6) is -3.94. The van der Waals surface area contributed by atoms with Gasteiger partial charge in [-0.2, -0.15) is 0 Å². The molecule has 19 N–H and O–H groups in total. The van der Waals surface area contributed by atoms with E-state index in [1.165, 1.54) is 27.8 Å². The number of aliphatic hydroxyl groups is 9. The molecule has 15 atom stereocenters. The number of unbranched alkanes of at least 4 members (excludes halogenated alkanes) is 4. The van der Waals surface area contributed by atoms with Crippen LogP contribution < -0.4 is 53.2 Å². The molecule has 0 bridgehead atoms. The minimum Gasteiger partial charge on any atom is -0.394 e. The molecule has 3 saturated heterocycles. The first-order valence-corrected chi connectivity index (χ1v) is 36.8. The van der Waals surface area contributed by atoms with Crippen molar-refractivity contribution in [2.75, 3.05) is 119 Å². The molecule has 0 radical (unpaired) electrons. The minimum atomic E-state index is -1.46. The van der Waals surface area contributed by atoms with Gasteiger partial charge >= 0.3 is 0 Å². The molecular weight excluding hydrogens is 1420 g/mol. The van der Waals surface area contributed by atoms with Crippen LogP contribution >= 0.6 is 0 Å². The number of aliphatic hydroxyl groups excluding tert-OH is 9. The van der Waals surface area contributed by atoms with Crippen LogP contribution in [0.5, 0.6) is 0 Å². The highest BCUT2D eigenvalue weighted by Crippen LogP contribution is 2.26. The predicted octanol–water partition coefficient (Wildman–Crippen LogP) is -6.53. The molecule has 6 unspecified atom stereocenters. The summed E-state index contributed by atoms with van der Waals surface area (Å²) >= 11 is 0. The van der Waals surface area contributed by atoms with E-state index in [9.17, 15) is 98.7 Å². The van der Waals surface area contributed by atoms with E-state index >= 15 is 0 Å². The molecule has 39 heteroatoms. The number of nitrogens with one attached hydrogen (secondary N) is 10. The highest BCUT2D eigenvalue weighted by atomic mass is 16.7. The maximum absolute atomic E-state index is 13.6. The molecule has 107 heavy (non-hydrogen) atoms. The number of amides is 10. The van der Waals surface area contributed by atoms with Crippen molar-refractivity contribution in [1.82, 2.24) is 53.2 Å². The lowest BCUT2D eigenvalue weighted by atomic mass is 9.97. The van der Waals surface area contributed by atoms with Crippen LogP contribution in [-0.2, 0) is 95.4 Å². The number of Topliss-reactive ketones (excluding diaryl/α,β-unsaturated/α-hetero) is 1. The van der Waals surface area contributed by atoms with E-state index in [0.29, 0.717) is 70.8 Å². The second-order valence-corrected chi connectivity index (χ2v) is 26.5. The summed E-state index contributed by atoms with van der Waals surface area (Å²) in [5, 5.41) is 118. The third-order valence-electron chi connectivity index (χ3n) is 17.3. The maximum atomic E-state index is 13.6. The second kappa shape index (κ2) is 54.3. The highest BCUT2D eigenvalue weighted by molar-refractivity contribution is 5.80. The summed E-state index contributed by atoms with van der Waals surface area (Å²) in [6, 6.07) is -3.28. The normalized spacial score (nSPS) is 24.7. The molecule has 39 nitrogen and oxygen atoms in total. The fraction of sp³-hybridized carbons (Fsp3) is 0.838. The molecule has 3 heterocycles. The average molecular weight is 1540 g/mol. The molecule has 0 aliphatic carbocycles. The van der Waals surface area contributed by atoms with E-state index in [0.717, 1.165) is 0 Å². The average Bonchev–Trinajstić information content (AvgIpc) is 0.822. The van der Waals surface area contributed by atoms with Gasteiger partial charge in [0.15, 0.2) is 18.9 Å². The lowest BCUT2D eigenvalue weighted by Crippen LogP contribution is -2.64. The van der Waals surface area contributed by atoms with E-state index in [-0.39, 0.29) is 191 Å². The van der Waals surface area contributed by atoms with Crippen molar-refractivity contribution in [3.05, 3.63) is 0 Å². The molecule has 0 spiro atoms. The number of rotatable bonds is 57. The monoisotopic (exact) mass is 1540 g/mol. The quantitative estimate of drug-likeness (QED) is 0.0252.